The zero-order valence-corrected chi connectivity index (χ0v) is 13.6. The van der Waals surface area contributed by atoms with Crippen LogP contribution in [0.4, 0.5) is 4.39 Å². The van der Waals surface area contributed by atoms with Gasteiger partial charge in [0.05, 0.1) is 11.1 Å². The van der Waals surface area contributed by atoms with E-state index in [0.29, 0.717) is 5.56 Å². The molecule has 1 aliphatic rings. The summed E-state index contributed by atoms with van der Waals surface area (Å²) in [6.45, 7) is 2.77. The molecule has 114 valence electrons. The lowest BCUT2D eigenvalue weighted by Crippen LogP contribution is -2.37. The predicted octanol–water partition coefficient (Wildman–Crippen LogP) is 4.70. The van der Waals surface area contributed by atoms with Crippen LogP contribution in [0.25, 0.3) is 6.08 Å². The van der Waals surface area contributed by atoms with Gasteiger partial charge in [0.25, 0.3) is 0 Å². The average molecular weight is 336 g/mol. The standard InChI is InChI=1S/C17H15ClFNOS/c1-11-13-7-9-22-16(13)6-8-20(11)17(21)5-3-12-2-4-15(19)14(18)10-12/h2-5,7,9-11H,6,8H2,1H3/b5-3+. The van der Waals surface area contributed by atoms with Crippen molar-refractivity contribution >= 4 is 34.9 Å². The van der Waals surface area contributed by atoms with Crippen LogP contribution in [0.1, 0.15) is 29.0 Å². The van der Waals surface area contributed by atoms with E-state index in [4.69, 9.17) is 11.6 Å². The predicted molar refractivity (Wildman–Crippen MR) is 88.6 cm³/mol. The molecule has 1 amide bonds. The molecule has 2 nitrogen and oxygen atoms in total. The Balaban J connectivity index is 1.74. The molecule has 0 saturated heterocycles. The second kappa shape index (κ2) is 6.23. The summed E-state index contributed by atoms with van der Waals surface area (Å²) in [7, 11) is 0. The first-order chi connectivity index (χ1) is 10.6. The second-order valence-corrected chi connectivity index (χ2v) is 6.67. The number of rotatable bonds is 2. The molecule has 0 radical (unpaired) electrons. The number of fused-ring (bicyclic) bond motifs is 1. The maximum absolute atomic E-state index is 13.1. The first-order valence-corrected chi connectivity index (χ1v) is 8.32. The number of carbonyl (C=O) groups excluding carboxylic acids is 1. The Hall–Kier alpha value is -1.65. The quantitative estimate of drug-likeness (QED) is 0.728. The highest BCUT2D eigenvalue weighted by Gasteiger charge is 2.26. The molecule has 5 heteroatoms. The number of amides is 1. The Bertz CT molecular complexity index is 740. The van der Waals surface area contributed by atoms with Crippen LogP contribution in [0.3, 0.4) is 0 Å². The third-order valence-electron chi connectivity index (χ3n) is 3.92. The molecule has 0 spiro atoms. The third kappa shape index (κ3) is 2.94. The summed E-state index contributed by atoms with van der Waals surface area (Å²) in [6, 6.07) is 6.59. The van der Waals surface area contributed by atoms with Crippen LogP contribution in [0, 0.1) is 5.82 Å². The van der Waals surface area contributed by atoms with Gasteiger partial charge >= 0.3 is 0 Å². The maximum atomic E-state index is 13.1. The summed E-state index contributed by atoms with van der Waals surface area (Å²) < 4.78 is 13.1. The molecule has 1 atom stereocenters. The van der Waals surface area contributed by atoms with Gasteiger partial charge in [-0.3, -0.25) is 4.79 Å². The lowest BCUT2D eigenvalue weighted by atomic mass is 10.0. The molecular weight excluding hydrogens is 321 g/mol. The van der Waals surface area contributed by atoms with E-state index in [-0.39, 0.29) is 17.0 Å². The molecule has 1 aromatic carbocycles. The number of thiophene rings is 1. The molecule has 3 rings (SSSR count). The summed E-state index contributed by atoms with van der Waals surface area (Å²) >= 11 is 7.49. The van der Waals surface area contributed by atoms with Crippen molar-refractivity contribution in [3.05, 3.63) is 62.6 Å². The van der Waals surface area contributed by atoms with Crippen molar-refractivity contribution < 1.29 is 9.18 Å². The molecule has 1 unspecified atom stereocenters. The van der Waals surface area contributed by atoms with Crippen LogP contribution in [0.5, 0.6) is 0 Å². The van der Waals surface area contributed by atoms with E-state index in [2.05, 4.69) is 11.4 Å². The normalized spacial score (nSPS) is 17.8. The molecule has 0 saturated carbocycles. The van der Waals surface area contributed by atoms with Crippen molar-refractivity contribution in [1.29, 1.82) is 0 Å². The Morgan fingerprint density at radius 2 is 2.27 bits per heavy atom. The molecule has 1 aromatic heterocycles. The second-order valence-electron chi connectivity index (χ2n) is 5.26. The van der Waals surface area contributed by atoms with Gasteiger partial charge < -0.3 is 4.90 Å². The Morgan fingerprint density at radius 1 is 1.45 bits per heavy atom. The summed E-state index contributed by atoms with van der Waals surface area (Å²) in [6.07, 6.45) is 4.10. The number of carbonyl (C=O) groups is 1. The first kappa shape index (κ1) is 15.3. The van der Waals surface area contributed by atoms with E-state index in [0.717, 1.165) is 13.0 Å². The van der Waals surface area contributed by atoms with Crippen LogP contribution in [-0.2, 0) is 11.2 Å². The largest absolute Gasteiger partial charge is 0.332 e. The molecular formula is C17H15ClFNOS. The van der Waals surface area contributed by atoms with Crippen LogP contribution in [0.15, 0.2) is 35.7 Å². The zero-order chi connectivity index (χ0) is 15.7. The number of hydrogen-bond donors (Lipinski definition) is 0. The number of benzene rings is 1. The van der Waals surface area contributed by atoms with Crippen LogP contribution >= 0.6 is 22.9 Å². The van der Waals surface area contributed by atoms with Crippen LogP contribution in [0.2, 0.25) is 5.02 Å². The molecule has 0 aliphatic carbocycles. The van der Waals surface area contributed by atoms with Gasteiger partial charge in [0.2, 0.25) is 5.91 Å². The van der Waals surface area contributed by atoms with E-state index in [1.54, 1.807) is 23.5 Å². The van der Waals surface area contributed by atoms with E-state index in [1.807, 2.05) is 11.8 Å². The van der Waals surface area contributed by atoms with E-state index in [1.165, 1.54) is 28.6 Å². The molecule has 22 heavy (non-hydrogen) atoms. The zero-order valence-electron chi connectivity index (χ0n) is 12.1. The Labute approximate surface area is 137 Å². The Kier molecular flexibility index (Phi) is 4.32. The van der Waals surface area contributed by atoms with E-state index < -0.39 is 5.82 Å². The average Bonchev–Trinajstić information content (AvgIpc) is 2.98. The first-order valence-electron chi connectivity index (χ1n) is 7.06. The minimum atomic E-state index is -0.459. The molecule has 2 heterocycles. The SMILES string of the molecule is CC1c2ccsc2CCN1C(=O)/C=C/c1ccc(F)c(Cl)c1. The van der Waals surface area contributed by atoms with Gasteiger partial charge in [0.15, 0.2) is 0 Å². The van der Waals surface area contributed by atoms with Gasteiger partial charge in [-0.1, -0.05) is 17.7 Å². The van der Waals surface area contributed by atoms with Gasteiger partial charge in [-0.25, -0.2) is 4.39 Å². The van der Waals surface area contributed by atoms with Gasteiger partial charge in [-0.15, -0.1) is 11.3 Å². The monoisotopic (exact) mass is 335 g/mol. The number of halogens is 2. The molecule has 0 fully saturated rings. The molecule has 0 bridgehead atoms. The highest BCUT2D eigenvalue weighted by atomic mass is 35.5. The molecule has 2 aromatic rings. The topological polar surface area (TPSA) is 20.3 Å². The highest BCUT2D eigenvalue weighted by Crippen LogP contribution is 2.32. The minimum Gasteiger partial charge on any atom is -0.332 e. The van der Waals surface area contributed by atoms with Gasteiger partial charge in [-0.2, -0.15) is 0 Å². The fourth-order valence-corrected chi connectivity index (χ4v) is 3.84. The summed E-state index contributed by atoms with van der Waals surface area (Å²) in [5.74, 6) is -0.496. The van der Waals surface area contributed by atoms with Crippen molar-refractivity contribution in [2.75, 3.05) is 6.54 Å². The van der Waals surface area contributed by atoms with E-state index >= 15 is 0 Å². The van der Waals surface area contributed by atoms with Crippen molar-refractivity contribution in [2.45, 2.75) is 19.4 Å². The van der Waals surface area contributed by atoms with Crippen molar-refractivity contribution in [3.63, 3.8) is 0 Å². The van der Waals surface area contributed by atoms with Gasteiger partial charge in [0.1, 0.15) is 5.82 Å². The van der Waals surface area contributed by atoms with Crippen LogP contribution in [-0.4, -0.2) is 17.4 Å². The van der Waals surface area contributed by atoms with Crippen molar-refractivity contribution in [1.82, 2.24) is 4.90 Å². The van der Waals surface area contributed by atoms with E-state index in [9.17, 15) is 9.18 Å². The lowest BCUT2D eigenvalue weighted by Gasteiger charge is -2.32. The number of nitrogens with zero attached hydrogens (tertiary/aromatic N) is 1. The third-order valence-corrected chi connectivity index (χ3v) is 5.21. The summed E-state index contributed by atoms with van der Waals surface area (Å²) in [5, 5.41) is 2.13. The Morgan fingerprint density at radius 3 is 3.05 bits per heavy atom. The lowest BCUT2D eigenvalue weighted by molar-refractivity contribution is -0.128. The fourth-order valence-electron chi connectivity index (χ4n) is 2.69. The number of hydrogen-bond acceptors (Lipinski definition) is 2. The minimum absolute atomic E-state index is 0.0372. The summed E-state index contributed by atoms with van der Waals surface area (Å²) in [5.41, 5.74) is 1.95. The van der Waals surface area contributed by atoms with Crippen molar-refractivity contribution in [2.24, 2.45) is 0 Å². The highest BCUT2D eigenvalue weighted by molar-refractivity contribution is 7.10. The van der Waals surface area contributed by atoms with Crippen molar-refractivity contribution in [3.8, 4) is 0 Å². The summed E-state index contributed by atoms with van der Waals surface area (Å²) in [4.78, 5) is 15.6. The fraction of sp³-hybridized carbons (Fsp3) is 0.235. The molecule has 1 aliphatic heterocycles. The van der Waals surface area contributed by atoms with Gasteiger partial charge in [0, 0.05) is 17.5 Å². The van der Waals surface area contributed by atoms with Crippen LogP contribution < -0.4 is 0 Å². The van der Waals surface area contributed by atoms with Gasteiger partial charge in [-0.05, 0) is 54.1 Å². The maximum Gasteiger partial charge on any atom is 0.247 e. The molecule has 0 N–H and O–H groups in total. The smallest absolute Gasteiger partial charge is 0.247 e.